The Balaban J connectivity index is 1.88. The van der Waals surface area contributed by atoms with Crippen molar-refractivity contribution in [1.82, 2.24) is 9.62 Å². The van der Waals surface area contributed by atoms with Crippen LogP contribution in [0.2, 0.25) is 0 Å². The van der Waals surface area contributed by atoms with E-state index in [0.29, 0.717) is 24.6 Å². The molecule has 1 atom stereocenters. The van der Waals surface area contributed by atoms with Gasteiger partial charge in [-0.1, -0.05) is 18.2 Å². The van der Waals surface area contributed by atoms with Crippen molar-refractivity contribution < 1.29 is 17.9 Å². The molecular formula is C16H26N2O4S. The van der Waals surface area contributed by atoms with Crippen molar-refractivity contribution in [2.45, 2.75) is 30.4 Å². The predicted molar refractivity (Wildman–Crippen MR) is 88.9 cm³/mol. The lowest BCUT2D eigenvalue weighted by atomic mass is 10.1. The number of hydrogen-bond acceptors (Lipinski definition) is 5. The van der Waals surface area contributed by atoms with Gasteiger partial charge in [0, 0.05) is 33.3 Å². The molecule has 1 aliphatic heterocycles. The number of rotatable bonds is 7. The lowest BCUT2D eigenvalue weighted by molar-refractivity contribution is -0.151. The van der Waals surface area contributed by atoms with Crippen molar-refractivity contribution in [1.29, 1.82) is 0 Å². The summed E-state index contributed by atoms with van der Waals surface area (Å²) >= 11 is 0. The standard InChI is InChI=1S/C16H26N2O4S/c1-16(2)13-18(11-14(22-16)12-21-3)10-9-17-23(19,20)15-7-5-4-6-8-15/h4-8,14,17H,9-13H2,1-3H3. The first-order chi connectivity index (χ1) is 10.8. The highest BCUT2D eigenvalue weighted by Crippen LogP contribution is 2.20. The molecule has 1 N–H and O–H groups in total. The van der Waals surface area contributed by atoms with Gasteiger partial charge in [-0.05, 0) is 26.0 Å². The van der Waals surface area contributed by atoms with E-state index in [-0.39, 0.29) is 11.7 Å². The van der Waals surface area contributed by atoms with Crippen LogP contribution in [0.1, 0.15) is 13.8 Å². The number of benzene rings is 1. The SMILES string of the molecule is COCC1CN(CCNS(=O)(=O)c2ccccc2)CC(C)(C)O1. The van der Waals surface area contributed by atoms with Gasteiger partial charge in [-0.15, -0.1) is 0 Å². The zero-order chi connectivity index (χ0) is 16.9. The van der Waals surface area contributed by atoms with Gasteiger partial charge in [0.1, 0.15) is 0 Å². The van der Waals surface area contributed by atoms with Gasteiger partial charge in [0.2, 0.25) is 10.0 Å². The molecule has 1 aromatic carbocycles. The van der Waals surface area contributed by atoms with E-state index in [1.165, 1.54) is 0 Å². The smallest absolute Gasteiger partial charge is 0.240 e. The molecule has 0 amide bonds. The van der Waals surface area contributed by atoms with Crippen molar-refractivity contribution in [2.24, 2.45) is 0 Å². The van der Waals surface area contributed by atoms with Gasteiger partial charge in [-0.3, -0.25) is 4.90 Å². The molecule has 0 radical (unpaired) electrons. The number of morpholine rings is 1. The van der Waals surface area contributed by atoms with E-state index in [9.17, 15) is 8.42 Å². The van der Waals surface area contributed by atoms with Crippen molar-refractivity contribution in [3.8, 4) is 0 Å². The minimum absolute atomic E-state index is 0.00878. The normalized spacial score (nSPS) is 22.1. The van der Waals surface area contributed by atoms with Gasteiger partial charge in [-0.2, -0.15) is 0 Å². The van der Waals surface area contributed by atoms with E-state index in [1.807, 2.05) is 13.8 Å². The molecule has 0 aromatic heterocycles. The van der Waals surface area contributed by atoms with E-state index in [0.717, 1.165) is 13.1 Å². The highest BCUT2D eigenvalue weighted by Gasteiger charge is 2.33. The number of hydrogen-bond donors (Lipinski definition) is 1. The van der Waals surface area contributed by atoms with Gasteiger partial charge < -0.3 is 9.47 Å². The second-order valence-electron chi connectivity index (χ2n) is 6.40. The minimum atomic E-state index is -3.45. The summed E-state index contributed by atoms with van der Waals surface area (Å²) < 4.78 is 38.2. The van der Waals surface area contributed by atoms with Gasteiger partial charge in [0.15, 0.2) is 0 Å². The molecule has 1 heterocycles. The number of nitrogens with zero attached hydrogens (tertiary/aromatic N) is 1. The molecule has 1 unspecified atom stereocenters. The fourth-order valence-electron chi connectivity index (χ4n) is 2.88. The van der Waals surface area contributed by atoms with E-state index in [4.69, 9.17) is 9.47 Å². The van der Waals surface area contributed by atoms with Gasteiger partial charge in [0.05, 0.1) is 23.2 Å². The molecular weight excluding hydrogens is 316 g/mol. The second-order valence-corrected chi connectivity index (χ2v) is 8.17. The quantitative estimate of drug-likeness (QED) is 0.803. The zero-order valence-corrected chi connectivity index (χ0v) is 14.8. The number of ether oxygens (including phenoxy) is 2. The Hall–Kier alpha value is -0.990. The lowest BCUT2D eigenvalue weighted by Crippen LogP contribution is -2.55. The molecule has 6 nitrogen and oxygen atoms in total. The van der Waals surface area contributed by atoms with Crippen molar-refractivity contribution in [3.05, 3.63) is 30.3 Å². The predicted octanol–water partition coefficient (Wildman–Crippen LogP) is 1.09. The molecule has 1 saturated heterocycles. The molecule has 23 heavy (non-hydrogen) atoms. The Morgan fingerprint density at radius 1 is 1.35 bits per heavy atom. The number of methoxy groups -OCH3 is 1. The van der Waals surface area contributed by atoms with Crippen LogP contribution < -0.4 is 4.72 Å². The molecule has 0 bridgehead atoms. The fourth-order valence-corrected chi connectivity index (χ4v) is 3.92. The molecule has 130 valence electrons. The highest BCUT2D eigenvalue weighted by atomic mass is 32.2. The molecule has 1 aromatic rings. The lowest BCUT2D eigenvalue weighted by Gasteiger charge is -2.42. The maximum Gasteiger partial charge on any atom is 0.240 e. The van der Waals surface area contributed by atoms with Crippen molar-refractivity contribution >= 4 is 10.0 Å². The monoisotopic (exact) mass is 342 g/mol. The van der Waals surface area contributed by atoms with Crippen LogP contribution in [0, 0.1) is 0 Å². The van der Waals surface area contributed by atoms with Crippen molar-refractivity contribution in [3.63, 3.8) is 0 Å². The number of nitrogens with one attached hydrogen (secondary N) is 1. The summed E-state index contributed by atoms with van der Waals surface area (Å²) in [7, 11) is -1.79. The molecule has 7 heteroatoms. The molecule has 0 aliphatic carbocycles. The van der Waals surface area contributed by atoms with Crippen LogP contribution in [-0.2, 0) is 19.5 Å². The van der Waals surface area contributed by atoms with Gasteiger partial charge in [-0.25, -0.2) is 13.1 Å². The van der Waals surface area contributed by atoms with Crippen LogP contribution in [0.5, 0.6) is 0 Å². The van der Waals surface area contributed by atoms with E-state index in [2.05, 4.69) is 9.62 Å². The first-order valence-electron chi connectivity index (χ1n) is 7.76. The van der Waals surface area contributed by atoms with Crippen molar-refractivity contribution in [2.75, 3.05) is 39.9 Å². The Kier molecular flexibility index (Phi) is 6.16. The molecule has 1 aliphatic rings. The topological polar surface area (TPSA) is 67.9 Å². The van der Waals surface area contributed by atoms with Crippen LogP contribution in [0.4, 0.5) is 0 Å². The Morgan fingerprint density at radius 3 is 2.70 bits per heavy atom. The van der Waals surface area contributed by atoms with E-state index >= 15 is 0 Å². The third kappa shape index (κ3) is 5.54. The highest BCUT2D eigenvalue weighted by molar-refractivity contribution is 7.89. The minimum Gasteiger partial charge on any atom is -0.382 e. The summed E-state index contributed by atoms with van der Waals surface area (Å²) in [5.74, 6) is 0. The molecule has 0 spiro atoms. The fraction of sp³-hybridized carbons (Fsp3) is 0.625. The first-order valence-corrected chi connectivity index (χ1v) is 9.24. The summed E-state index contributed by atoms with van der Waals surface area (Å²) in [5.41, 5.74) is -0.264. The summed E-state index contributed by atoms with van der Waals surface area (Å²) in [6, 6.07) is 8.41. The van der Waals surface area contributed by atoms with E-state index in [1.54, 1.807) is 37.4 Å². The average molecular weight is 342 g/mol. The van der Waals surface area contributed by atoms with Crippen LogP contribution in [-0.4, -0.2) is 64.9 Å². The number of sulfonamides is 1. The zero-order valence-electron chi connectivity index (χ0n) is 14.0. The molecule has 1 fully saturated rings. The summed E-state index contributed by atoms with van der Waals surface area (Å²) in [6.45, 7) is 7.12. The van der Waals surface area contributed by atoms with Gasteiger partial charge >= 0.3 is 0 Å². The van der Waals surface area contributed by atoms with Crippen LogP contribution >= 0.6 is 0 Å². The Bertz CT molecular complexity index is 589. The summed E-state index contributed by atoms with van der Waals surface area (Å²) in [5, 5.41) is 0. The maximum atomic E-state index is 12.2. The van der Waals surface area contributed by atoms with Crippen LogP contribution in [0.25, 0.3) is 0 Å². The third-order valence-electron chi connectivity index (χ3n) is 3.68. The van der Waals surface area contributed by atoms with Crippen LogP contribution in [0.15, 0.2) is 35.2 Å². The maximum absolute atomic E-state index is 12.2. The Morgan fingerprint density at radius 2 is 2.04 bits per heavy atom. The van der Waals surface area contributed by atoms with Gasteiger partial charge in [0.25, 0.3) is 0 Å². The second kappa shape index (κ2) is 7.72. The Labute approximate surface area is 138 Å². The van der Waals surface area contributed by atoms with Crippen LogP contribution in [0.3, 0.4) is 0 Å². The van der Waals surface area contributed by atoms with E-state index < -0.39 is 10.0 Å². The summed E-state index contributed by atoms with van der Waals surface area (Å²) in [6.07, 6.45) is 0.00878. The molecule has 0 saturated carbocycles. The largest absolute Gasteiger partial charge is 0.382 e. The summed E-state index contributed by atoms with van der Waals surface area (Å²) in [4.78, 5) is 2.50. The third-order valence-corrected chi connectivity index (χ3v) is 5.16. The molecule has 2 rings (SSSR count). The first kappa shape index (κ1) is 18.4. The average Bonchev–Trinajstić information content (AvgIpc) is 2.47.